The van der Waals surface area contributed by atoms with Gasteiger partial charge in [0.1, 0.15) is 6.10 Å². The summed E-state index contributed by atoms with van der Waals surface area (Å²) in [7, 11) is 0. The molecule has 1 saturated heterocycles. The van der Waals surface area contributed by atoms with Crippen LogP contribution in [0.2, 0.25) is 0 Å². The highest BCUT2D eigenvalue weighted by molar-refractivity contribution is 5.79. The van der Waals surface area contributed by atoms with Gasteiger partial charge in [0, 0.05) is 0 Å². The predicted molar refractivity (Wildman–Crippen MR) is 70.0 cm³/mol. The molecule has 2 N–H and O–H groups in total. The van der Waals surface area contributed by atoms with Crippen LogP contribution in [0.15, 0.2) is 30.3 Å². The van der Waals surface area contributed by atoms with E-state index in [9.17, 15) is 4.79 Å². The fourth-order valence-electron chi connectivity index (χ4n) is 2.27. The summed E-state index contributed by atoms with van der Waals surface area (Å²) >= 11 is 0. The van der Waals surface area contributed by atoms with Crippen LogP contribution in [0.1, 0.15) is 25.5 Å². The lowest BCUT2D eigenvalue weighted by Crippen LogP contribution is -2.57. The second-order valence-electron chi connectivity index (χ2n) is 5.23. The number of rotatable bonds is 2. The number of nitrogens with two attached hydrogens (primary N) is 1. The zero-order valence-corrected chi connectivity index (χ0v) is 10.9. The normalized spacial score (nSPS) is 22.8. The summed E-state index contributed by atoms with van der Waals surface area (Å²) in [5.41, 5.74) is 6.29. The lowest BCUT2D eigenvalue weighted by molar-refractivity contribution is -0.153. The van der Waals surface area contributed by atoms with Crippen molar-refractivity contribution in [2.45, 2.75) is 25.5 Å². The molecule has 1 aromatic carbocycles. The first-order chi connectivity index (χ1) is 8.54. The Hall–Kier alpha value is -1.39. The van der Waals surface area contributed by atoms with E-state index in [4.69, 9.17) is 10.5 Å². The molecule has 1 aromatic rings. The number of carbonyl (C=O) groups is 1. The van der Waals surface area contributed by atoms with Gasteiger partial charge in [-0.2, -0.15) is 0 Å². The Morgan fingerprint density at radius 2 is 2.11 bits per heavy atom. The van der Waals surface area contributed by atoms with Gasteiger partial charge >= 0.3 is 0 Å². The summed E-state index contributed by atoms with van der Waals surface area (Å²) in [6.45, 7) is 5.14. The molecule has 4 heteroatoms. The number of benzene rings is 1. The van der Waals surface area contributed by atoms with Crippen molar-refractivity contribution in [3.8, 4) is 0 Å². The summed E-state index contributed by atoms with van der Waals surface area (Å²) in [6.07, 6.45) is -0.0604. The Morgan fingerprint density at radius 3 is 2.72 bits per heavy atom. The van der Waals surface area contributed by atoms with Crippen LogP contribution < -0.4 is 5.73 Å². The second-order valence-corrected chi connectivity index (χ2v) is 5.23. The molecule has 1 aliphatic rings. The maximum atomic E-state index is 11.9. The molecule has 18 heavy (non-hydrogen) atoms. The van der Waals surface area contributed by atoms with E-state index in [1.807, 2.05) is 49.1 Å². The molecular formula is C14H20N2O2. The first-order valence-electron chi connectivity index (χ1n) is 6.21. The highest BCUT2D eigenvalue weighted by Gasteiger charge is 2.37. The molecule has 1 heterocycles. The van der Waals surface area contributed by atoms with Gasteiger partial charge in [-0.15, -0.1) is 0 Å². The first kappa shape index (κ1) is 13.1. The maximum absolute atomic E-state index is 11.9. The van der Waals surface area contributed by atoms with E-state index in [-0.39, 0.29) is 24.1 Å². The van der Waals surface area contributed by atoms with Crippen molar-refractivity contribution in [1.82, 2.24) is 4.90 Å². The predicted octanol–water partition coefficient (Wildman–Crippen LogP) is 1.32. The van der Waals surface area contributed by atoms with Crippen molar-refractivity contribution in [2.24, 2.45) is 5.73 Å². The number of hydrogen-bond donors (Lipinski definition) is 1. The largest absolute Gasteiger partial charge is 0.369 e. The Balaban J connectivity index is 2.17. The van der Waals surface area contributed by atoms with Crippen molar-refractivity contribution >= 4 is 5.91 Å². The van der Waals surface area contributed by atoms with Gasteiger partial charge in [0.15, 0.2) is 0 Å². The molecule has 0 aromatic heterocycles. The van der Waals surface area contributed by atoms with Gasteiger partial charge in [0.25, 0.3) is 0 Å². The van der Waals surface area contributed by atoms with Gasteiger partial charge in [-0.3, -0.25) is 4.79 Å². The molecule has 0 aliphatic carbocycles. The number of nitrogens with zero attached hydrogens (tertiary/aromatic N) is 1. The van der Waals surface area contributed by atoms with Crippen molar-refractivity contribution in [3.63, 3.8) is 0 Å². The summed E-state index contributed by atoms with van der Waals surface area (Å²) in [5, 5.41) is 0. The van der Waals surface area contributed by atoms with Gasteiger partial charge in [-0.05, 0) is 19.4 Å². The average Bonchev–Trinajstić information content (AvgIpc) is 2.38. The summed E-state index contributed by atoms with van der Waals surface area (Å²) < 4.78 is 5.87. The monoisotopic (exact) mass is 248 g/mol. The molecule has 1 amide bonds. The van der Waals surface area contributed by atoms with Crippen LogP contribution in [0.25, 0.3) is 0 Å². The van der Waals surface area contributed by atoms with E-state index >= 15 is 0 Å². The first-order valence-corrected chi connectivity index (χ1v) is 6.21. The van der Waals surface area contributed by atoms with Crippen molar-refractivity contribution in [1.29, 1.82) is 0 Å². The highest BCUT2D eigenvalue weighted by atomic mass is 16.5. The number of hydrogen-bond acceptors (Lipinski definition) is 3. The van der Waals surface area contributed by atoms with E-state index in [2.05, 4.69) is 0 Å². The Bertz CT molecular complexity index is 417. The average molecular weight is 248 g/mol. The van der Waals surface area contributed by atoms with Gasteiger partial charge in [-0.25, -0.2) is 0 Å². The number of morpholine rings is 1. The molecule has 0 bridgehead atoms. The van der Waals surface area contributed by atoms with Crippen LogP contribution in [-0.4, -0.2) is 36.0 Å². The fraction of sp³-hybridized carbons (Fsp3) is 0.500. The number of ether oxygens (including phenoxy) is 1. The quantitative estimate of drug-likeness (QED) is 0.859. The molecule has 4 nitrogen and oxygen atoms in total. The minimum absolute atomic E-state index is 0.0239. The molecule has 0 spiro atoms. The maximum Gasteiger partial charge on any atom is 0.236 e. The third-order valence-electron chi connectivity index (χ3n) is 3.36. The molecule has 0 saturated carbocycles. The van der Waals surface area contributed by atoms with Crippen LogP contribution in [0.4, 0.5) is 0 Å². The minimum Gasteiger partial charge on any atom is -0.369 e. The minimum atomic E-state index is -0.290. The number of amides is 1. The van der Waals surface area contributed by atoms with Crippen LogP contribution in [0, 0.1) is 0 Å². The van der Waals surface area contributed by atoms with E-state index in [1.54, 1.807) is 0 Å². The highest BCUT2D eigenvalue weighted by Crippen LogP contribution is 2.29. The Kier molecular flexibility index (Phi) is 3.68. The molecule has 1 unspecified atom stereocenters. The van der Waals surface area contributed by atoms with Crippen molar-refractivity contribution in [3.05, 3.63) is 35.9 Å². The lowest BCUT2D eigenvalue weighted by Gasteiger charge is -2.45. The van der Waals surface area contributed by atoms with Gasteiger partial charge in [-0.1, -0.05) is 30.3 Å². The third-order valence-corrected chi connectivity index (χ3v) is 3.36. The van der Waals surface area contributed by atoms with Gasteiger partial charge in [0.05, 0.1) is 25.2 Å². The SMILES string of the molecule is CC1(C)COC(c2ccccc2)CN1C(=O)CN. The zero-order valence-electron chi connectivity index (χ0n) is 10.9. The molecule has 2 rings (SSSR count). The molecule has 1 fully saturated rings. The number of carbonyl (C=O) groups excluding carboxylic acids is 1. The molecular weight excluding hydrogens is 228 g/mol. The van der Waals surface area contributed by atoms with Gasteiger partial charge in [0.2, 0.25) is 5.91 Å². The van der Waals surface area contributed by atoms with Crippen LogP contribution in [-0.2, 0) is 9.53 Å². The molecule has 0 radical (unpaired) electrons. The molecule has 1 atom stereocenters. The van der Waals surface area contributed by atoms with E-state index in [0.29, 0.717) is 13.2 Å². The van der Waals surface area contributed by atoms with Crippen LogP contribution >= 0.6 is 0 Å². The lowest BCUT2D eigenvalue weighted by atomic mass is 9.98. The summed E-state index contributed by atoms with van der Waals surface area (Å²) in [5.74, 6) is -0.0239. The fourth-order valence-corrected chi connectivity index (χ4v) is 2.27. The second kappa shape index (κ2) is 5.08. The molecule has 98 valence electrons. The van der Waals surface area contributed by atoms with Gasteiger partial charge < -0.3 is 15.4 Å². The van der Waals surface area contributed by atoms with Crippen molar-refractivity contribution < 1.29 is 9.53 Å². The standard InChI is InChI=1S/C14H20N2O2/c1-14(2)10-18-12(9-16(14)13(17)8-15)11-6-4-3-5-7-11/h3-7,12H,8-10,15H2,1-2H3. The summed E-state index contributed by atoms with van der Waals surface area (Å²) in [4.78, 5) is 13.7. The zero-order chi connectivity index (χ0) is 13.2. The third kappa shape index (κ3) is 2.54. The Labute approximate surface area is 108 Å². The van der Waals surface area contributed by atoms with E-state index in [0.717, 1.165) is 5.56 Å². The smallest absolute Gasteiger partial charge is 0.236 e. The molecule has 1 aliphatic heterocycles. The van der Waals surface area contributed by atoms with Crippen LogP contribution in [0.3, 0.4) is 0 Å². The van der Waals surface area contributed by atoms with E-state index < -0.39 is 0 Å². The van der Waals surface area contributed by atoms with Crippen LogP contribution in [0.5, 0.6) is 0 Å². The van der Waals surface area contributed by atoms with E-state index in [1.165, 1.54) is 0 Å². The Morgan fingerprint density at radius 1 is 1.44 bits per heavy atom. The summed E-state index contributed by atoms with van der Waals surface area (Å²) in [6, 6.07) is 9.97. The topological polar surface area (TPSA) is 55.6 Å². The van der Waals surface area contributed by atoms with Crippen molar-refractivity contribution in [2.75, 3.05) is 19.7 Å².